The first-order valence-electron chi connectivity index (χ1n) is 7.07. The average Bonchev–Trinajstić information content (AvgIpc) is 2.88. The molecular formula is C13H22N6. The van der Waals surface area contributed by atoms with Crippen molar-refractivity contribution in [2.45, 2.75) is 45.6 Å². The van der Waals surface area contributed by atoms with Crippen molar-refractivity contribution in [2.24, 2.45) is 20.0 Å². The number of unbranched alkanes of at least 4 members (excludes halogenated alkanes) is 2. The fourth-order valence-corrected chi connectivity index (χ4v) is 1.86. The largest absolute Gasteiger partial charge is 0.312 e. The molecule has 0 bridgehead atoms. The van der Waals surface area contributed by atoms with Gasteiger partial charge in [-0.15, -0.1) is 0 Å². The van der Waals surface area contributed by atoms with Gasteiger partial charge in [0.15, 0.2) is 6.04 Å². The van der Waals surface area contributed by atoms with E-state index in [-0.39, 0.29) is 6.04 Å². The Hall–Kier alpha value is -1.72. The second-order valence-corrected chi connectivity index (χ2v) is 4.64. The molecule has 0 amide bonds. The van der Waals surface area contributed by atoms with Crippen LogP contribution in [0, 0.1) is 0 Å². The number of guanidine groups is 1. The van der Waals surface area contributed by atoms with Crippen LogP contribution < -0.4 is 10.6 Å². The van der Waals surface area contributed by atoms with Crippen LogP contribution in [0.5, 0.6) is 0 Å². The summed E-state index contributed by atoms with van der Waals surface area (Å²) >= 11 is 0. The molecule has 1 saturated heterocycles. The van der Waals surface area contributed by atoms with Crippen LogP contribution in [0.25, 0.3) is 0 Å². The summed E-state index contributed by atoms with van der Waals surface area (Å²) in [5, 5.41) is 6.41. The van der Waals surface area contributed by atoms with Crippen molar-refractivity contribution in [1.29, 1.82) is 0 Å². The fourth-order valence-electron chi connectivity index (χ4n) is 1.86. The lowest BCUT2D eigenvalue weighted by molar-refractivity contribution is 0.790. The van der Waals surface area contributed by atoms with Gasteiger partial charge in [-0.3, -0.25) is 15.0 Å². The van der Waals surface area contributed by atoms with E-state index in [9.17, 15) is 0 Å². The molecule has 0 aromatic carbocycles. The molecule has 2 aliphatic heterocycles. The number of nitrogens with zero attached hydrogens (tertiary/aromatic N) is 4. The van der Waals surface area contributed by atoms with Crippen LogP contribution >= 0.6 is 0 Å². The predicted molar refractivity (Wildman–Crippen MR) is 80.4 cm³/mol. The highest BCUT2D eigenvalue weighted by Crippen LogP contribution is 2.06. The van der Waals surface area contributed by atoms with Crippen LogP contribution in [-0.4, -0.2) is 43.1 Å². The summed E-state index contributed by atoms with van der Waals surface area (Å²) in [7, 11) is 0. The molecule has 1 atom stereocenters. The maximum Gasteiger partial charge on any atom is 0.202 e. The molecule has 2 aliphatic rings. The summed E-state index contributed by atoms with van der Waals surface area (Å²) in [6.07, 6.45) is 6.03. The van der Waals surface area contributed by atoms with E-state index < -0.39 is 0 Å². The van der Waals surface area contributed by atoms with Crippen LogP contribution in [0.1, 0.15) is 39.5 Å². The Bertz CT molecular complexity index is 421. The fraction of sp³-hybridized carbons (Fsp3) is 0.692. The van der Waals surface area contributed by atoms with Crippen LogP contribution in [-0.2, 0) is 0 Å². The molecule has 6 heteroatoms. The molecule has 2 rings (SSSR count). The minimum absolute atomic E-state index is 0.0954. The van der Waals surface area contributed by atoms with Gasteiger partial charge < -0.3 is 10.6 Å². The monoisotopic (exact) mass is 262 g/mol. The molecule has 2 N–H and O–H groups in total. The predicted octanol–water partition coefficient (Wildman–Crippen LogP) is 1.34. The molecule has 1 unspecified atom stereocenters. The number of rotatable bonds is 6. The van der Waals surface area contributed by atoms with E-state index in [1.165, 1.54) is 0 Å². The van der Waals surface area contributed by atoms with Crippen molar-refractivity contribution in [3.63, 3.8) is 0 Å². The Balaban J connectivity index is 2.04. The Kier molecular flexibility index (Phi) is 5.06. The topological polar surface area (TPSA) is 73.5 Å². The van der Waals surface area contributed by atoms with E-state index >= 15 is 0 Å². The molecule has 0 aromatic heterocycles. The number of hydrogen-bond acceptors (Lipinski definition) is 4. The van der Waals surface area contributed by atoms with Gasteiger partial charge in [-0.1, -0.05) is 26.7 Å². The molecule has 6 nitrogen and oxygen atoms in total. The van der Waals surface area contributed by atoms with Crippen LogP contribution in [0.15, 0.2) is 20.0 Å². The number of aliphatic imine (C=N–C) groups is 4. The van der Waals surface area contributed by atoms with Gasteiger partial charge in [0.1, 0.15) is 18.0 Å². The first-order valence-corrected chi connectivity index (χ1v) is 7.07. The minimum Gasteiger partial charge on any atom is -0.312 e. The van der Waals surface area contributed by atoms with Gasteiger partial charge in [-0.05, 0) is 12.8 Å². The summed E-state index contributed by atoms with van der Waals surface area (Å²) in [5.41, 5.74) is 0. The van der Waals surface area contributed by atoms with Crippen LogP contribution in [0.3, 0.4) is 0 Å². The molecular weight excluding hydrogens is 240 g/mol. The van der Waals surface area contributed by atoms with Gasteiger partial charge in [-0.2, -0.15) is 0 Å². The molecule has 0 aliphatic carbocycles. The first kappa shape index (κ1) is 13.7. The third-order valence-corrected chi connectivity index (χ3v) is 3.00. The Morgan fingerprint density at radius 3 is 2.58 bits per heavy atom. The van der Waals surface area contributed by atoms with Gasteiger partial charge in [0.2, 0.25) is 5.96 Å². The molecule has 0 radical (unpaired) electrons. The van der Waals surface area contributed by atoms with E-state index in [1.54, 1.807) is 6.34 Å². The van der Waals surface area contributed by atoms with E-state index in [4.69, 9.17) is 0 Å². The third kappa shape index (κ3) is 3.62. The molecule has 0 aromatic rings. The average molecular weight is 262 g/mol. The lowest BCUT2D eigenvalue weighted by Gasteiger charge is -2.24. The summed E-state index contributed by atoms with van der Waals surface area (Å²) in [5.74, 6) is 2.42. The number of fused-ring (bicyclic) bond motifs is 1. The minimum atomic E-state index is -0.0954. The van der Waals surface area contributed by atoms with E-state index in [0.29, 0.717) is 0 Å². The van der Waals surface area contributed by atoms with Crippen LogP contribution in [0.2, 0.25) is 0 Å². The Labute approximate surface area is 114 Å². The summed E-state index contributed by atoms with van der Waals surface area (Å²) in [4.78, 5) is 17.6. The third-order valence-electron chi connectivity index (χ3n) is 3.00. The zero-order valence-electron chi connectivity index (χ0n) is 11.7. The maximum absolute atomic E-state index is 4.58. The highest BCUT2D eigenvalue weighted by atomic mass is 15.3. The van der Waals surface area contributed by atoms with Gasteiger partial charge in [0, 0.05) is 13.1 Å². The van der Waals surface area contributed by atoms with Gasteiger partial charge in [0.05, 0.1) is 0 Å². The number of amidine groups is 2. The van der Waals surface area contributed by atoms with Gasteiger partial charge >= 0.3 is 0 Å². The zero-order valence-corrected chi connectivity index (χ0v) is 11.7. The highest BCUT2D eigenvalue weighted by Gasteiger charge is 2.30. The maximum atomic E-state index is 4.58. The molecule has 1 fully saturated rings. The van der Waals surface area contributed by atoms with E-state index in [1.807, 2.05) is 0 Å². The summed E-state index contributed by atoms with van der Waals surface area (Å²) < 4.78 is 0. The quantitative estimate of drug-likeness (QED) is 0.709. The van der Waals surface area contributed by atoms with Crippen molar-refractivity contribution in [3.8, 4) is 0 Å². The molecule has 0 saturated carbocycles. The Morgan fingerprint density at radius 2 is 1.84 bits per heavy atom. The summed E-state index contributed by atoms with van der Waals surface area (Å²) in [6.45, 7) is 5.95. The van der Waals surface area contributed by atoms with Crippen molar-refractivity contribution in [2.75, 3.05) is 13.1 Å². The molecule has 104 valence electrons. The van der Waals surface area contributed by atoms with E-state index in [2.05, 4.69) is 44.5 Å². The number of hydrogen-bond donors (Lipinski definition) is 2. The van der Waals surface area contributed by atoms with Gasteiger partial charge in [-0.25, -0.2) is 4.99 Å². The van der Waals surface area contributed by atoms with Crippen molar-refractivity contribution in [3.05, 3.63) is 0 Å². The SMILES string of the molecule is CCCCN=C1NC2=NC=NC2C(=NCCCC)N1. The van der Waals surface area contributed by atoms with Gasteiger partial charge in [0.25, 0.3) is 0 Å². The standard InChI is InChI=1S/C13H22N6/c1-3-5-7-14-11-10-12(17-9-16-10)19-13(18-11)15-8-6-4-2/h9-10H,3-8H2,1-2H3,(H2,14,15,16,17,18,19). The van der Waals surface area contributed by atoms with E-state index in [0.717, 1.165) is 56.4 Å². The van der Waals surface area contributed by atoms with Crippen LogP contribution in [0.4, 0.5) is 0 Å². The van der Waals surface area contributed by atoms with Crippen molar-refractivity contribution >= 4 is 24.0 Å². The van der Waals surface area contributed by atoms with Crippen molar-refractivity contribution < 1.29 is 0 Å². The molecule has 0 spiro atoms. The lowest BCUT2D eigenvalue weighted by Crippen LogP contribution is -2.58. The second-order valence-electron chi connectivity index (χ2n) is 4.64. The molecule has 19 heavy (non-hydrogen) atoms. The summed E-state index contributed by atoms with van der Waals surface area (Å²) in [6, 6.07) is -0.0954. The highest BCUT2D eigenvalue weighted by molar-refractivity contribution is 6.26. The normalized spacial score (nSPS) is 25.2. The Morgan fingerprint density at radius 1 is 1.11 bits per heavy atom. The smallest absolute Gasteiger partial charge is 0.202 e. The number of nitrogens with one attached hydrogen (secondary N) is 2. The first-order chi connectivity index (χ1) is 9.35. The lowest BCUT2D eigenvalue weighted by atomic mass is 10.2. The molecule has 2 heterocycles. The van der Waals surface area contributed by atoms with Crippen molar-refractivity contribution in [1.82, 2.24) is 10.6 Å². The second kappa shape index (κ2) is 7.01. The zero-order chi connectivity index (χ0) is 13.5.